The third-order valence-corrected chi connectivity index (χ3v) is 4.11. The minimum Gasteiger partial charge on any atom is -0.336 e. The maximum atomic E-state index is 12.3. The van der Waals surface area contributed by atoms with Crippen LogP contribution in [-0.2, 0) is 11.3 Å². The van der Waals surface area contributed by atoms with Gasteiger partial charge < -0.3 is 5.32 Å². The number of aromatic nitrogens is 3. The standard InChI is InChI=1S/C13H20N6O2/c20-12(19-6-4-15-13(19)21)8-17-5-2-1-3-11(17)7-18-10-14-9-16-18/h9-11H,1-8H2,(H,15,21)/t11-/m0/s1. The van der Waals surface area contributed by atoms with Crippen LogP contribution in [0.3, 0.4) is 0 Å². The van der Waals surface area contributed by atoms with E-state index < -0.39 is 0 Å². The fourth-order valence-corrected chi connectivity index (χ4v) is 2.99. The summed E-state index contributed by atoms with van der Waals surface area (Å²) >= 11 is 0. The average Bonchev–Trinajstić information content (AvgIpc) is 3.12. The predicted octanol–water partition coefficient (Wildman–Crippen LogP) is -0.316. The van der Waals surface area contributed by atoms with E-state index in [2.05, 4.69) is 20.3 Å². The van der Waals surface area contributed by atoms with Crippen LogP contribution < -0.4 is 5.32 Å². The first kappa shape index (κ1) is 14.0. The Bertz CT molecular complexity index is 503. The van der Waals surface area contributed by atoms with Gasteiger partial charge in [-0.15, -0.1) is 0 Å². The predicted molar refractivity (Wildman–Crippen MR) is 74.3 cm³/mol. The van der Waals surface area contributed by atoms with Crippen molar-refractivity contribution in [1.82, 2.24) is 29.9 Å². The van der Waals surface area contributed by atoms with Crippen molar-refractivity contribution >= 4 is 11.9 Å². The van der Waals surface area contributed by atoms with Gasteiger partial charge in [0.2, 0.25) is 5.91 Å². The minimum absolute atomic E-state index is 0.115. The number of carbonyl (C=O) groups excluding carboxylic acids is 2. The first-order chi connectivity index (χ1) is 10.2. The van der Waals surface area contributed by atoms with E-state index in [1.165, 1.54) is 11.2 Å². The maximum Gasteiger partial charge on any atom is 0.324 e. The third kappa shape index (κ3) is 3.21. The molecule has 0 spiro atoms. The number of nitrogens with one attached hydrogen (secondary N) is 1. The summed E-state index contributed by atoms with van der Waals surface area (Å²) in [5, 5.41) is 6.79. The average molecular weight is 292 g/mol. The molecule has 21 heavy (non-hydrogen) atoms. The highest BCUT2D eigenvalue weighted by atomic mass is 16.2. The van der Waals surface area contributed by atoms with Gasteiger partial charge in [-0.05, 0) is 19.4 Å². The summed E-state index contributed by atoms with van der Waals surface area (Å²) in [4.78, 5) is 31.2. The van der Waals surface area contributed by atoms with Crippen LogP contribution >= 0.6 is 0 Å². The molecule has 3 amide bonds. The maximum absolute atomic E-state index is 12.3. The molecule has 0 bridgehead atoms. The molecular formula is C13H20N6O2. The summed E-state index contributed by atoms with van der Waals surface area (Å²) in [5.74, 6) is -0.115. The SMILES string of the molecule is O=C(CN1CCCC[C@H]1Cn1cncn1)N1CCNC1=O. The van der Waals surface area contributed by atoms with Crippen LogP contribution in [0.5, 0.6) is 0 Å². The van der Waals surface area contributed by atoms with Gasteiger partial charge in [-0.25, -0.2) is 9.78 Å². The summed E-state index contributed by atoms with van der Waals surface area (Å²) < 4.78 is 1.80. The Hall–Kier alpha value is -1.96. The van der Waals surface area contributed by atoms with Crippen molar-refractivity contribution in [2.75, 3.05) is 26.2 Å². The molecule has 2 fully saturated rings. The quantitative estimate of drug-likeness (QED) is 0.822. The number of rotatable bonds is 4. The molecule has 0 saturated carbocycles. The molecule has 0 aromatic carbocycles. The van der Waals surface area contributed by atoms with Gasteiger partial charge in [-0.2, -0.15) is 5.10 Å². The van der Waals surface area contributed by atoms with Gasteiger partial charge in [-0.1, -0.05) is 6.42 Å². The van der Waals surface area contributed by atoms with Gasteiger partial charge in [0, 0.05) is 19.1 Å². The summed E-state index contributed by atoms with van der Waals surface area (Å²) in [7, 11) is 0. The molecule has 1 N–H and O–H groups in total. The fraction of sp³-hybridized carbons (Fsp3) is 0.692. The highest BCUT2D eigenvalue weighted by Gasteiger charge is 2.30. The largest absolute Gasteiger partial charge is 0.336 e. The lowest BCUT2D eigenvalue weighted by atomic mass is 10.0. The van der Waals surface area contributed by atoms with E-state index in [4.69, 9.17) is 0 Å². The lowest BCUT2D eigenvalue weighted by Gasteiger charge is -2.35. The van der Waals surface area contributed by atoms with Crippen molar-refractivity contribution in [2.45, 2.75) is 31.8 Å². The zero-order chi connectivity index (χ0) is 14.7. The van der Waals surface area contributed by atoms with E-state index in [1.807, 2.05) is 0 Å². The van der Waals surface area contributed by atoms with Crippen molar-refractivity contribution < 1.29 is 9.59 Å². The smallest absolute Gasteiger partial charge is 0.324 e. The Morgan fingerprint density at radius 1 is 1.38 bits per heavy atom. The van der Waals surface area contributed by atoms with E-state index in [9.17, 15) is 9.59 Å². The lowest BCUT2D eigenvalue weighted by molar-refractivity contribution is -0.129. The van der Waals surface area contributed by atoms with Crippen LogP contribution in [0.25, 0.3) is 0 Å². The Morgan fingerprint density at radius 2 is 2.29 bits per heavy atom. The number of nitrogens with zero attached hydrogens (tertiary/aromatic N) is 5. The minimum atomic E-state index is -0.273. The number of urea groups is 1. The summed E-state index contributed by atoms with van der Waals surface area (Å²) in [5.41, 5.74) is 0. The molecule has 0 aliphatic carbocycles. The fourth-order valence-electron chi connectivity index (χ4n) is 2.99. The van der Waals surface area contributed by atoms with E-state index in [1.54, 1.807) is 11.0 Å². The van der Waals surface area contributed by atoms with Crippen molar-refractivity contribution in [3.8, 4) is 0 Å². The normalized spacial score (nSPS) is 23.3. The molecule has 3 rings (SSSR count). The van der Waals surface area contributed by atoms with Gasteiger partial charge in [0.1, 0.15) is 12.7 Å². The Labute approximate surface area is 123 Å². The zero-order valence-corrected chi connectivity index (χ0v) is 11.9. The summed E-state index contributed by atoms with van der Waals surface area (Å²) in [6.07, 6.45) is 6.51. The molecule has 8 heteroatoms. The molecule has 2 saturated heterocycles. The second-order valence-electron chi connectivity index (χ2n) is 5.51. The second-order valence-corrected chi connectivity index (χ2v) is 5.51. The molecule has 3 heterocycles. The van der Waals surface area contributed by atoms with E-state index in [0.717, 1.165) is 32.4 Å². The van der Waals surface area contributed by atoms with Crippen molar-refractivity contribution in [3.05, 3.63) is 12.7 Å². The number of carbonyl (C=O) groups is 2. The Kier molecular flexibility index (Phi) is 4.14. The van der Waals surface area contributed by atoms with Crippen LogP contribution in [0.1, 0.15) is 19.3 Å². The molecular weight excluding hydrogens is 272 g/mol. The van der Waals surface area contributed by atoms with Crippen molar-refractivity contribution in [1.29, 1.82) is 0 Å². The van der Waals surface area contributed by atoms with Crippen molar-refractivity contribution in [3.63, 3.8) is 0 Å². The number of likely N-dealkylation sites (tertiary alicyclic amines) is 1. The van der Waals surface area contributed by atoms with Crippen molar-refractivity contribution in [2.24, 2.45) is 0 Å². The van der Waals surface area contributed by atoms with Gasteiger partial charge in [0.05, 0.1) is 13.1 Å². The topological polar surface area (TPSA) is 83.4 Å². The first-order valence-electron chi connectivity index (χ1n) is 7.38. The highest BCUT2D eigenvalue weighted by Crippen LogP contribution is 2.18. The monoisotopic (exact) mass is 292 g/mol. The highest BCUT2D eigenvalue weighted by molar-refractivity contribution is 5.96. The number of amides is 3. The third-order valence-electron chi connectivity index (χ3n) is 4.11. The van der Waals surface area contributed by atoms with Crippen LogP contribution in [0.2, 0.25) is 0 Å². The van der Waals surface area contributed by atoms with Crippen LogP contribution in [0.15, 0.2) is 12.7 Å². The van der Waals surface area contributed by atoms with Crippen LogP contribution in [0.4, 0.5) is 4.79 Å². The molecule has 1 atom stereocenters. The lowest BCUT2D eigenvalue weighted by Crippen LogP contribution is -2.48. The zero-order valence-electron chi connectivity index (χ0n) is 11.9. The van der Waals surface area contributed by atoms with Gasteiger partial charge in [0.25, 0.3) is 0 Å². The molecule has 2 aliphatic heterocycles. The van der Waals surface area contributed by atoms with E-state index >= 15 is 0 Å². The van der Waals surface area contributed by atoms with Crippen LogP contribution in [0, 0.1) is 0 Å². The number of piperidine rings is 1. The van der Waals surface area contributed by atoms with Gasteiger partial charge >= 0.3 is 6.03 Å². The molecule has 0 radical (unpaired) electrons. The second kappa shape index (κ2) is 6.21. The molecule has 2 aliphatic rings. The summed E-state index contributed by atoms with van der Waals surface area (Å²) in [6, 6.07) is -0.0000926. The number of imide groups is 1. The molecule has 1 aromatic rings. The van der Waals surface area contributed by atoms with E-state index in [0.29, 0.717) is 19.6 Å². The number of hydrogen-bond donors (Lipinski definition) is 1. The molecule has 8 nitrogen and oxygen atoms in total. The first-order valence-corrected chi connectivity index (χ1v) is 7.38. The molecule has 114 valence electrons. The number of hydrogen-bond acceptors (Lipinski definition) is 5. The Morgan fingerprint density at radius 3 is 3.00 bits per heavy atom. The molecule has 1 aromatic heterocycles. The van der Waals surface area contributed by atoms with Crippen LogP contribution in [-0.4, -0.2) is 68.7 Å². The summed E-state index contributed by atoms with van der Waals surface area (Å²) in [6.45, 7) is 2.94. The Balaban J connectivity index is 1.61. The van der Waals surface area contributed by atoms with E-state index in [-0.39, 0.29) is 18.0 Å². The van der Waals surface area contributed by atoms with Gasteiger partial charge in [-0.3, -0.25) is 19.3 Å². The van der Waals surface area contributed by atoms with Gasteiger partial charge in [0.15, 0.2) is 0 Å². The molecule has 0 unspecified atom stereocenters.